The van der Waals surface area contributed by atoms with Gasteiger partial charge in [0.15, 0.2) is 18.1 Å². The Balaban J connectivity index is 1.45. The molecule has 1 fully saturated rings. The monoisotopic (exact) mass is 574 g/mol. The average molecular weight is 575 g/mol. The van der Waals surface area contributed by atoms with Crippen LogP contribution in [-0.4, -0.2) is 35.7 Å². The third-order valence-corrected chi connectivity index (χ3v) is 7.08. The standard InChI is InChI=1S/C27H21Cl2FN2O5S/c1-15-3-8-19(12-20(15)28)31-24(33)14-37-25-21(29)9-17(10-22(25)36-2)11-23-26(34)32(27(35)38-23)13-16-4-6-18(30)7-5-16/h3-12H,13-14H2,1-2H3,(H,31,33)/b23-11-. The van der Waals surface area contributed by atoms with Crippen molar-refractivity contribution in [3.63, 3.8) is 0 Å². The van der Waals surface area contributed by atoms with Crippen molar-refractivity contribution < 1.29 is 28.2 Å². The first kappa shape index (κ1) is 27.5. The minimum atomic E-state index is -0.479. The van der Waals surface area contributed by atoms with Crippen LogP contribution in [0.1, 0.15) is 16.7 Å². The van der Waals surface area contributed by atoms with E-state index in [9.17, 15) is 18.8 Å². The van der Waals surface area contributed by atoms with Crippen LogP contribution < -0.4 is 14.8 Å². The van der Waals surface area contributed by atoms with E-state index in [4.69, 9.17) is 32.7 Å². The maximum Gasteiger partial charge on any atom is 0.293 e. The second kappa shape index (κ2) is 11.9. The van der Waals surface area contributed by atoms with Crippen LogP contribution in [0.5, 0.6) is 11.5 Å². The number of aryl methyl sites for hydroxylation is 1. The average Bonchev–Trinajstić information content (AvgIpc) is 3.13. The van der Waals surface area contributed by atoms with Gasteiger partial charge in [0.2, 0.25) is 0 Å². The number of thioether (sulfide) groups is 1. The van der Waals surface area contributed by atoms with Crippen LogP contribution in [0.4, 0.5) is 14.9 Å². The predicted octanol–water partition coefficient (Wildman–Crippen LogP) is 6.70. The van der Waals surface area contributed by atoms with Crippen LogP contribution in [0.25, 0.3) is 6.08 Å². The second-order valence-corrected chi connectivity index (χ2v) is 10.0. The Morgan fingerprint density at radius 3 is 2.50 bits per heavy atom. The van der Waals surface area contributed by atoms with Crippen molar-refractivity contribution in [3.05, 3.63) is 92.1 Å². The first-order valence-corrected chi connectivity index (χ1v) is 12.8. The van der Waals surface area contributed by atoms with Gasteiger partial charge in [0, 0.05) is 10.7 Å². The Hall–Kier alpha value is -3.53. The number of hydrogen-bond acceptors (Lipinski definition) is 6. The van der Waals surface area contributed by atoms with Gasteiger partial charge in [0.05, 0.1) is 23.6 Å². The first-order chi connectivity index (χ1) is 18.1. The highest BCUT2D eigenvalue weighted by Crippen LogP contribution is 2.39. The molecule has 0 bridgehead atoms. The summed E-state index contributed by atoms with van der Waals surface area (Å²) < 4.78 is 24.2. The number of imide groups is 1. The molecule has 3 aromatic rings. The zero-order chi connectivity index (χ0) is 27.4. The highest BCUT2D eigenvalue weighted by Gasteiger charge is 2.35. The van der Waals surface area contributed by atoms with E-state index in [1.165, 1.54) is 43.5 Å². The smallest absolute Gasteiger partial charge is 0.293 e. The Labute approximate surface area is 232 Å². The van der Waals surface area contributed by atoms with E-state index in [-0.39, 0.29) is 34.6 Å². The summed E-state index contributed by atoms with van der Waals surface area (Å²) in [4.78, 5) is 39.0. The SMILES string of the molecule is COc1cc(/C=C2\SC(=O)N(Cc3ccc(F)cc3)C2=O)cc(Cl)c1OCC(=O)Nc1ccc(C)c(Cl)c1. The van der Waals surface area contributed by atoms with E-state index < -0.39 is 22.9 Å². The number of methoxy groups -OCH3 is 1. The fraction of sp³-hybridized carbons (Fsp3) is 0.148. The number of hydrogen-bond donors (Lipinski definition) is 1. The van der Waals surface area contributed by atoms with Crippen molar-refractivity contribution in [2.24, 2.45) is 0 Å². The van der Waals surface area contributed by atoms with Gasteiger partial charge in [-0.1, -0.05) is 41.4 Å². The van der Waals surface area contributed by atoms with E-state index in [2.05, 4.69) is 5.32 Å². The lowest BCUT2D eigenvalue weighted by molar-refractivity contribution is -0.123. The molecule has 1 heterocycles. The highest BCUT2D eigenvalue weighted by atomic mass is 35.5. The van der Waals surface area contributed by atoms with Gasteiger partial charge in [-0.2, -0.15) is 0 Å². The van der Waals surface area contributed by atoms with Gasteiger partial charge in [-0.15, -0.1) is 0 Å². The molecule has 1 aliphatic rings. The molecule has 0 spiro atoms. The van der Waals surface area contributed by atoms with E-state index in [0.717, 1.165) is 22.2 Å². The maximum atomic E-state index is 13.2. The number of rotatable bonds is 8. The number of carbonyl (C=O) groups is 3. The molecule has 0 atom stereocenters. The molecule has 1 aliphatic heterocycles. The predicted molar refractivity (Wildman–Crippen MR) is 146 cm³/mol. The normalized spacial score (nSPS) is 14.2. The molecule has 196 valence electrons. The highest BCUT2D eigenvalue weighted by molar-refractivity contribution is 8.18. The summed E-state index contributed by atoms with van der Waals surface area (Å²) in [5.74, 6) is -0.930. The van der Waals surface area contributed by atoms with Crippen LogP contribution in [0.15, 0.2) is 59.5 Å². The van der Waals surface area contributed by atoms with E-state index >= 15 is 0 Å². The van der Waals surface area contributed by atoms with Crippen molar-refractivity contribution in [1.29, 1.82) is 0 Å². The minimum absolute atomic E-state index is 0.0238. The van der Waals surface area contributed by atoms with Gasteiger partial charge in [-0.3, -0.25) is 19.3 Å². The number of ether oxygens (including phenoxy) is 2. The lowest BCUT2D eigenvalue weighted by atomic mass is 10.1. The summed E-state index contributed by atoms with van der Waals surface area (Å²) in [5, 5.41) is 2.92. The third kappa shape index (κ3) is 6.48. The van der Waals surface area contributed by atoms with Crippen molar-refractivity contribution in [2.75, 3.05) is 19.0 Å². The van der Waals surface area contributed by atoms with Crippen LogP contribution in [0.2, 0.25) is 10.0 Å². The first-order valence-electron chi connectivity index (χ1n) is 11.2. The van der Waals surface area contributed by atoms with Crippen molar-refractivity contribution in [1.82, 2.24) is 4.90 Å². The quantitative estimate of drug-likeness (QED) is 0.301. The zero-order valence-corrected chi connectivity index (χ0v) is 22.5. The van der Waals surface area contributed by atoms with E-state index in [0.29, 0.717) is 21.8 Å². The van der Waals surface area contributed by atoms with Crippen LogP contribution in [0.3, 0.4) is 0 Å². The number of halogens is 3. The molecule has 3 aromatic carbocycles. The number of anilines is 1. The molecule has 7 nitrogen and oxygen atoms in total. The molecule has 0 unspecified atom stereocenters. The molecule has 4 rings (SSSR count). The summed E-state index contributed by atoms with van der Waals surface area (Å²) in [5.41, 5.74) is 2.52. The molecule has 3 amide bonds. The molecule has 0 aromatic heterocycles. The third-order valence-electron chi connectivity index (χ3n) is 5.48. The Kier molecular flexibility index (Phi) is 8.61. The topological polar surface area (TPSA) is 84.9 Å². The zero-order valence-electron chi connectivity index (χ0n) is 20.2. The Bertz CT molecular complexity index is 1450. The maximum absolute atomic E-state index is 13.2. The summed E-state index contributed by atoms with van der Waals surface area (Å²) >= 11 is 13.3. The van der Waals surface area contributed by atoms with Crippen molar-refractivity contribution >= 4 is 63.8 Å². The molecule has 1 saturated heterocycles. The van der Waals surface area contributed by atoms with Gasteiger partial charge < -0.3 is 14.8 Å². The molecule has 38 heavy (non-hydrogen) atoms. The van der Waals surface area contributed by atoms with Gasteiger partial charge in [-0.25, -0.2) is 4.39 Å². The van der Waals surface area contributed by atoms with Gasteiger partial charge >= 0.3 is 0 Å². The molecule has 0 saturated carbocycles. The molecule has 0 radical (unpaired) electrons. The number of carbonyl (C=O) groups excluding carboxylic acids is 3. The lowest BCUT2D eigenvalue weighted by Gasteiger charge is -2.14. The summed E-state index contributed by atoms with van der Waals surface area (Å²) in [7, 11) is 1.41. The fourth-order valence-corrected chi connectivity index (χ4v) is 4.82. The number of nitrogens with zero attached hydrogens (tertiary/aromatic N) is 1. The van der Waals surface area contributed by atoms with Gasteiger partial charge in [0.25, 0.3) is 17.1 Å². The van der Waals surface area contributed by atoms with E-state index in [1.54, 1.807) is 24.3 Å². The number of nitrogens with one attached hydrogen (secondary N) is 1. The molecule has 11 heteroatoms. The largest absolute Gasteiger partial charge is 0.493 e. The Morgan fingerprint density at radius 2 is 1.82 bits per heavy atom. The molecular formula is C27H21Cl2FN2O5S. The number of benzene rings is 3. The Morgan fingerprint density at radius 1 is 1.08 bits per heavy atom. The minimum Gasteiger partial charge on any atom is -0.493 e. The van der Waals surface area contributed by atoms with Gasteiger partial charge in [-0.05, 0) is 77.9 Å². The van der Waals surface area contributed by atoms with Crippen LogP contribution in [-0.2, 0) is 16.1 Å². The van der Waals surface area contributed by atoms with Crippen molar-refractivity contribution in [3.8, 4) is 11.5 Å². The molecular weight excluding hydrogens is 554 g/mol. The van der Waals surface area contributed by atoms with Crippen LogP contribution in [0, 0.1) is 12.7 Å². The van der Waals surface area contributed by atoms with Gasteiger partial charge in [0.1, 0.15) is 5.82 Å². The lowest BCUT2D eigenvalue weighted by Crippen LogP contribution is -2.27. The summed E-state index contributed by atoms with van der Waals surface area (Å²) in [6.45, 7) is 1.54. The van der Waals surface area contributed by atoms with Crippen LogP contribution >= 0.6 is 35.0 Å². The molecule has 1 N–H and O–H groups in total. The molecule has 0 aliphatic carbocycles. The van der Waals surface area contributed by atoms with Crippen molar-refractivity contribution in [2.45, 2.75) is 13.5 Å². The van der Waals surface area contributed by atoms with E-state index in [1.807, 2.05) is 6.92 Å². The summed E-state index contributed by atoms with van der Waals surface area (Å²) in [6, 6.07) is 13.8. The fourth-order valence-electron chi connectivity index (χ4n) is 3.53. The summed E-state index contributed by atoms with van der Waals surface area (Å²) in [6.07, 6.45) is 1.52. The second-order valence-electron chi connectivity index (χ2n) is 8.23. The number of amides is 3.